The van der Waals surface area contributed by atoms with Gasteiger partial charge in [-0.15, -0.1) is 0 Å². The summed E-state index contributed by atoms with van der Waals surface area (Å²) in [4.78, 5) is 25.8. The van der Waals surface area contributed by atoms with Crippen molar-refractivity contribution >= 4 is 5.97 Å². The Morgan fingerprint density at radius 3 is 2.68 bits per heavy atom. The van der Waals surface area contributed by atoms with Crippen molar-refractivity contribution in [2.45, 2.75) is 70.2 Å². The van der Waals surface area contributed by atoms with E-state index in [4.69, 9.17) is 14.9 Å². The molecule has 6 nitrogen and oxygen atoms in total. The van der Waals surface area contributed by atoms with Gasteiger partial charge in [0.15, 0.2) is 0 Å². The van der Waals surface area contributed by atoms with E-state index in [1.165, 1.54) is 0 Å². The van der Waals surface area contributed by atoms with Gasteiger partial charge in [-0.25, -0.2) is 14.7 Å². The quantitative estimate of drug-likeness (QED) is 0.265. The molecule has 6 heteroatoms. The van der Waals surface area contributed by atoms with Gasteiger partial charge in [0.05, 0.1) is 6.10 Å². The number of hydrogen-bond donors (Lipinski definition) is 2. The lowest BCUT2D eigenvalue weighted by Crippen LogP contribution is -2.28. The normalized spacial score (nSPS) is 28.5. The minimum atomic E-state index is -0.786. The van der Waals surface area contributed by atoms with E-state index >= 15 is 0 Å². The van der Waals surface area contributed by atoms with Crippen molar-refractivity contribution < 1.29 is 29.8 Å². The average Bonchev–Trinajstić information content (AvgIpc) is 3.28. The number of hydrogen-bond acceptors (Lipinski definition) is 5. The van der Waals surface area contributed by atoms with Crippen LogP contribution in [0.25, 0.3) is 0 Å². The summed E-state index contributed by atoms with van der Waals surface area (Å²) in [5.74, 6) is -0.131. The first-order valence-electron chi connectivity index (χ1n) is 10.1. The molecule has 2 fully saturated rings. The molecule has 5 unspecified atom stereocenters. The molecule has 0 aromatic heterocycles. The first-order chi connectivity index (χ1) is 13.7. The maximum Gasteiger partial charge on any atom is 0.303 e. The topological polar surface area (TPSA) is 85.2 Å². The Morgan fingerprint density at radius 2 is 1.93 bits per heavy atom. The molecule has 28 heavy (non-hydrogen) atoms. The van der Waals surface area contributed by atoms with Gasteiger partial charge in [-0.2, -0.15) is 0 Å². The van der Waals surface area contributed by atoms with Crippen molar-refractivity contribution in [3.05, 3.63) is 48.6 Å². The second-order valence-electron chi connectivity index (χ2n) is 7.24. The van der Waals surface area contributed by atoms with Crippen molar-refractivity contribution in [1.82, 2.24) is 0 Å². The van der Waals surface area contributed by atoms with E-state index < -0.39 is 12.1 Å². The molecule has 0 amide bonds. The third-order valence-electron chi connectivity index (χ3n) is 5.16. The Kier molecular flexibility index (Phi) is 10.2. The fraction of sp³-hybridized carbons (Fsp3) is 0.591. The SMILES string of the molecule is CC/C=C/CC1C2CC(OO2)C1/C=C/C(C/C=C/C/C=C/CCC(=O)O)OO. The molecule has 156 valence electrons. The zero-order valence-corrected chi connectivity index (χ0v) is 16.5. The highest BCUT2D eigenvalue weighted by Crippen LogP contribution is 2.44. The van der Waals surface area contributed by atoms with E-state index in [-0.39, 0.29) is 24.5 Å². The van der Waals surface area contributed by atoms with Gasteiger partial charge in [0, 0.05) is 24.7 Å². The molecule has 0 spiro atoms. The van der Waals surface area contributed by atoms with E-state index in [0.29, 0.717) is 18.8 Å². The first kappa shape index (κ1) is 22.6. The van der Waals surface area contributed by atoms with E-state index in [2.05, 4.69) is 30.0 Å². The van der Waals surface area contributed by atoms with Gasteiger partial charge in [-0.05, 0) is 32.1 Å². The van der Waals surface area contributed by atoms with Crippen LogP contribution >= 0.6 is 0 Å². The Bertz CT molecular complexity index is 580. The second kappa shape index (κ2) is 12.7. The van der Waals surface area contributed by atoms with Gasteiger partial charge in [-0.1, -0.05) is 55.5 Å². The van der Waals surface area contributed by atoms with Gasteiger partial charge in [-0.3, -0.25) is 10.1 Å². The number of allylic oxidation sites excluding steroid dienone is 5. The molecular formula is C22H32O6. The first-order valence-corrected chi connectivity index (χ1v) is 10.1. The van der Waals surface area contributed by atoms with Crippen LogP contribution in [0.5, 0.6) is 0 Å². The summed E-state index contributed by atoms with van der Waals surface area (Å²) in [6, 6.07) is 0. The molecular weight excluding hydrogens is 360 g/mol. The molecule has 0 aromatic rings. The summed E-state index contributed by atoms with van der Waals surface area (Å²) in [5.41, 5.74) is 0. The van der Waals surface area contributed by atoms with Crippen LogP contribution in [0.1, 0.15) is 51.9 Å². The molecule has 1 heterocycles. The lowest BCUT2D eigenvalue weighted by atomic mass is 9.89. The molecule has 2 bridgehead atoms. The largest absolute Gasteiger partial charge is 0.481 e. The Hall–Kier alpha value is -1.73. The summed E-state index contributed by atoms with van der Waals surface area (Å²) < 4.78 is 0. The molecule has 2 aliphatic rings. The highest BCUT2D eigenvalue weighted by Gasteiger charge is 2.49. The molecule has 0 radical (unpaired) electrons. The van der Waals surface area contributed by atoms with Crippen LogP contribution in [0.4, 0.5) is 0 Å². The molecule has 1 saturated carbocycles. The van der Waals surface area contributed by atoms with Crippen LogP contribution in [0.15, 0.2) is 48.6 Å². The number of aliphatic carboxylic acids is 1. The molecule has 5 atom stereocenters. The van der Waals surface area contributed by atoms with Crippen LogP contribution in [-0.2, 0) is 19.5 Å². The fourth-order valence-electron chi connectivity index (χ4n) is 3.67. The van der Waals surface area contributed by atoms with Crippen molar-refractivity contribution in [2.75, 3.05) is 0 Å². The van der Waals surface area contributed by atoms with Crippen LogP contribution < -0.4 is 0 Å². The summed E-state index contributed by atoms with van der Waals surface area (Å²) in [5, 5.41) is 17.7. The van der Waals surface area contributed by atoms with E-state index in [9.17, 15) is 10.1 Å². The molecule has 2 rings (SSSR count). The predicted molar refractivity (Wildman–Crippen MR) is 106 cm³/mol. The van der Waals surface area contributed by atoms with Crippen LogP contribution in [0, 0.1) is 11.8 Å². The van der Waals surface area contributed by atoms with Gasteiger partial charge in [0.25, 0.3) is 0 Å². The van der Waals surface area contributed by atoms with E-state index in [1.54, 1.807) is 0 Å². The molecule has 2 N–H and O–H groups in total. The minimum absolute atomic E-state index is 0.0760. The summed E-state index contributed by atoms with van der Waals surface area (Å²) in [7, 11) is 0. The van der Waals surface area contributed by atoms with Crippen molar-refractivity contribution in [1.29, 1.82) is 0 Å². The lowest BCUT2D eigenvalue weighted by Gasteiger charge is -2.27. The highest BCUT2D eigenvalue weighted by atomic mass is 17.2. The monoisotopic (exact) mass is 392 g/mol. The summed E-state index contributed by atoms with van der Waals surface area (Å²) in [6.07, 6.45) is 20.8. The van der Waals surface area contributed by atoms with Gasteiger partial charge in [0.1, 0.15) is 12.2 Å². The highest BCUT2D eigenvalue weighted by molar-refractivity contribution is 5.66. The Labute approximate surface area is 167 Å². The maximum atomic E-state index is 10.4. The maximum absolute atomic E-state index is 10.4. The van der Waals surface area contributed by atoms with Gasteiger partial charge in [0.2, 0.25) is 0 Å². The third kappa shape index (κ3) is 7.36. The molecule has 0 aromatic carbocycles. The smallest absolute Gasteiger partial charge is 0.303 e. The van der Waals surface area contributed by atoms with Crippen LogP contribution in [0.2, 0.25) is 0 Å². The van der Waals surface area contributed by atoms with E-state index in [0.717, 1.165) is 25.7 Å². The minimum Gasteiger partial charge on any atom is -0.481 e. The standard InChI is InChI=1S/C22H32O6/c1-2-3-8-12-18-19(21-16-20(18)27-28-21)15-14-17(26-25)11-9-6-4-5-7-10-13-22(23)24/h3,5-9,14-15,17-21,25H,2,4,10-13,16H2,1H3,(H,23,24)/b7-5+,8-3+,9-6+,15-14+. The van der Waals surface area contributed by atoms with Crippen molar-refractivity contribution in [3.8, 4) is 0 Å². The molecule has 1 aliphatic heterocycles. The number of carboxylic acids is 1. The van der Waals surface area contributed by atoms with Gasteiger partial charge < -0.3 is 5.11 Å². The lowest BCUT2D eigenvalue weighted by molar-refractivity contribution is -0.336. The number of carboxylic acid groups (broad SMARTS) is 1. The van der Waals surface area contributed by atoms with Crippen molar-refractivity contribution in [2.24, 2.45) is 11.8 Å². The van der Waals surface area contributed by atoms with E-state index in [1.807, 2.05) is 30.4 Å². The van der Waals surface area contributed by atoms with Gasteiger partial charge >= 0.3 is 5.97 Å². The summed E-state index contributed by atoms with van der Waals surface area (Å²) >= 11 is 0. The fourth-order valence-corrected chi connectivity index (χ4v) is 3.67. The number of fused-ring (bicyclic) bond motifs is 2. The van der Waals surface area contributed by atoms with Crippen molar-refractivity contribution in [3.63, 3.8) is 0 Å². The number of carbonyl (C=O) groups is 1. The van der Waals surface area contributed by atoms with Crippen LogP contribution in [0.3, 0.4) is 0 Å². The average molecular weight is 392 g/mol. The van der Waals surface area contributed by atoms with Crippen LogP contribution in [-0.4, -0.2) is 34.6 Å². The number of rotatable bonds is 13. The zero-order valence-electron chi connectivity index (χ0n) is 16.5. The molecule has 1 saturated heterocycles. The summed E-state index contributed by atoms with van der Waals surface area (Å²) in [6.45, 7) is 2.12. The Balaban J connectivity index is 1.77. The zero-order chi connectivity index (χ0) is 20.2. The second-order valence-corrected chi connectivity index (χ2v) is 7.24. The molecule has 1 aliphatic carbocycles. The third-order valence-corrected chi connectivity index (χ3v) is 5.16. The predicted octanol–water partition coefficient (Wildman–Crippen LogP) is 4.85. The Morgan fingerprint density at radius 1 is 1.14 bits per heavy atom.